The Morgan fingerprint density at radius 1 is 1.67 bits per heavy atom. The maximum Gasteiger partial charge on any atom is 0.246 e. The van der Waals surface area contributed by atoms with E-state index in [0.717, 1.165) is 24.1 Å². The zero-order chi connectivity index (χ0) is 8.23. The van der Waals surface area contributed by atoms with Crippen LogP contribution < -0.4 is 5.32 Å². The van der Waals surface area contributed by atoms with Crippen molar-refractivity contribution >= 4 is 17.0 Å². The molecular formula is C8H14N2OS. The third-order valence-electron chi connectivity index (χ3n) is 2.13. The highest BCUT2D eigenvalue weighted by atomic mass is 32.2. The Labute approximate surface area is 77.0 Å². The monoisotopic (exact) mass is 186 g/mol. The lowest BCUT2D eigenvalue weighted by molar-refractivity contribution is 0.356. The summed E-state index contributed by atoms with van der Waals surface area (Å²) in [5, 5.41) is 4.34. The predicted molar refractivity (Wildman–Crippen MR) is 51.7 cm³/mol. The number of rotatable bonds is 2. The molecule has 68 valence electrons. The molecule has 1 fully saturated rings. The Hall–Kier alpha value is -0.220. The van der Waals surface area contributed by atoms with E-state index in [9.17, 15) is 0 Å². The zero-order valence-electron chi connectivity index (χ0n) is 7.08. The van der Waals surface area contributed by atoms with E-state index in [-0.39, 0.29) is 0 Å². The Kier molecular flexibility index (Phi) is 2.89. The Morgan fingerprint density at radius 2 is 2.67 bits per heavy atom. The molecule has 4 heteroatoms. The van der Waals surface area contributed by atoms with Crippen LogP contribution in [0.4, 0.5) is 0 Å². The van der Waals surface area contributed by atoms with Crippen LogP contribution in [0.2, 0.25) is 0 Å². The highest BCUT2D eigenvalue weighted by Gasteiger charge is 2.16. The lowest BCUT2D eigenvalue weighted by Crippen LogP contribution is -2.24. The number of hydrogen-bond acceptors (Lipinski definition) is 4. The molecule has 2 heterocycles. The van der Waals surface area contributed by atoms with Gasteiger partial charge in [0.1, 0.15) is 6.61 Å². The van der Waals surface area contributed by atoms with E-state index < -0.39 is 0 Å². The molecule has 1 unspecified atom stereocenters. The second-order valence-electron chi connectivity index (χ2n) is 3.10. The van der Waals surface area contributed by atoms with Gasteiger partial charge in [0.05, 0.1) is 6.54 Å². The molecular weight excluding hydrogens is 172 g/mol. The number of nitrogens with zero attached hydrogens (tertiary/aromatic N) is 1. The summed E-state index contributed by atoms with van der Waals surface area (Å²) in [6.07, 6.45) is 2.62. The molecule has 12 heavy (non-hydrogen) atoms. The van der Waals surface area contributed by atoms with Gasteiger partial charge in [-0.05, 0) is 19.4 Å². The van der Waals surface area contributed by atoms with Gasteiger partial charge in [-0.15, -0.1) is 0 Å². The fraction of sp³-hybridized carbons (Fsp3) is 0.875. The first-order valence-corrected chi connectivity index (χ1v) is 5.47. The van der Waals surface area contributed by atoms with E-state index in [2.05, 4.69) is 10.3 Å². The molecule has 0 aromatic rings. The molecule has 0 saturated carbocycles. The molecule has 0 bridgehead atoms. The Morgan fingerprint density at radius 3 is 3.33 bits per heavy atom. The third kappa shape index (κ3) is 2.14. The minimum atomic E-state index is 0.682. The van der Waals surface area contributed by atoms with Crippen molar-refractivity contribution in [3.05, 3.63) is 0 Å². The maximum atomic E-state index is 5.30. The number of hydrogen-bond donors (Lipinski definition) is 1. The summed E-state index contributed by atoms with van der Waals surface area (Å²) in [6.45, 7) is 2.80. The SMILES string of the molecule is C1CNC(CSC2=NCCO2)C1. The minimum Gasteiger partial charge on any atom is -0.471 e. The molecule has 1 N–H and O–H groups in total. The van der Waals surface area contributed by atoms with Crippen LogP contribution in [0, 0.1) is 0 Å². The van der Waals surface area contributed by atoms with Crippen LogP contribution in [0.15, 0.2) is 4.99 Å². The standard InChI is InChI=1S/C8H14N2OS/c1-2-7(9-3-1)6-12-8-10-4-5-11-8/h7,9H,1-6H2. The molecule has 0 aliphatic carbocycles. The summed E-state index contributed by atoms with van der Waals surface area (Å²) in [5.41, 5.74) is 0. The van der Waals surface area contributed by atoms with Crippen molar-refractivity contribution in [1.82, 2.24) is 5.32 Å². The summed E-state index contributed by atoms with van der Waals surface area (Å²) in [6, 6.07) is 0.682. The van der Waals surface area contributed by atoms with E-state index in [1.807, 2.05) is 0 Å². The molecule has 1 atom stereocenters. The fourth-order valence-corrected chi connectivity index (χ4v) is 2.45. The first-order chi connectivity index (χ1) is 5.95. The molecule has 0 aromatic carbocycles. The summed E-state index contributed by atoms with van der Waals surface area (Å²) in [5.74, 6) is 1.11. The third-order valence-corrected chi connectivity index (χ3v) is 3.19. The lowest BCUT2D eigenvalue weighted by Gasteiger charge is -2.08. The van der Waals surface area contributed by atoms with E-state index in [1.54, 1.807) is 11.8 Å². The van der Waals surface area contributed by atoms with Crippen LogP contribution in [-0.2, 0) is 4.74 Å². The molecule has 0 amide bonds. The van der Waals surface area contributed by atoms with Crippen molar-refractivity contribution in [3.63, 3.8) is 0 Å². The summed E-state index contributed by atoms with van der Waals surface area (Å²) in [7, 11) is 0. The van der Waals surface area contributed by atoms with E-state index >= 15 is 0 Å². The predicted octanol–water partition coefficient (Wildman–Crippen LogP) is 0.858. The summed E-state index contributed by atoms with van der Waals surface area (Å²) >= 11 is 1.75. The topological polar surface area (TPSA) is 33.6 Å². The smallest absolute Gasteiger partial charge is 0.246 e. The molecule has 0 radical (unpaired) electrons. The van der Waals surface area contributed by atoms with Crippen LogP contribution in [-0.4, -0.2) is 36.7 Å². The number of ether oxygens (including phenoxy) is 1. The van der Waals surface area contributed by atoms with Gasteiger partial charge in [0.25, 0.3) is 0 Å². The molecule has 1 saturated heterocycles. The normalized spacial score (nSPS) is 28.7. The summed E-state index contributed by atoms with van der Waals surface area (Å²) < 4.78 is 5.30. The van der Waals surface area contributed by atoms with Gasteiger partial charge < -0.3 is 10.1 Å². The number of thioether (sulfide) groups is 1. The highest BCUT2D eigenvalue weighted by Crippen LogP contribution is 2.15. The van der Waals surface area contributed by atoms with Crippen molar-refractivity contribution in [1.29, 1.82) is 0 Å². The lowest BCUT2D eigenvalue weighted by atomic mass is 10.3. The van der Waals surface area contributed by atoms with Crippen molar-refractivity contribution in [2.24, 2.45) is 4.99 Å². The first-order valence-electron chi connectivity index (χ1n) is 4.48. The van der Waals surface area contributed by atoms with E-state index in [4.69, 9.17) is 4.74 Å². The Bertz CT molecular complexity index is 178. The van der Waals surface area contributed by atoms with Crippen LogP contribution in [0.3, 0.4) is 0 Å². The first kappa shape index (κ1) is 8.38. The molecule has 0 aromatic heterocycles. The van der Waals surface area contributed by atoms with Crippen LogP contribution in [0.1, 0.15) is 12.8 Å². The molecule has 2 rings (SSSR count). The van der Waals surface area contributed by atoms with E-state index in [1.165, 1.54) is 19.4 Å². The van der Waals surface area contributed by atoms with Gasteiger partial charge >= 0.3 is 0 Å². The molecule has 2 aliphatic rings. The average molecular weight is 186 g/mol. The van der Waals surface area contributed by atoms with Crippen LogP contribution >= 0.6 is 11.8 Å². The number of aliphatic imine (C=N–C) groups is 1. The highest BCUT2D eigenvalue weighted by molar-refractivity contribution is 8.13. The van der Waals surface area contributed by atoms with Crippen molar-refractivity contribution in [3.8, 4) is 0 Å². The van der Waals surface area contributed by atoms with Crippen molar-refractivity contribution < 1.29 is 4.74 Å². The van der Waals surface area contributed by atoms with Gasteiger partial charge in [-0.1, -0.05) is 11.8 Å². The van der Waals surface area contributed by atoms with Gasteiger partial charge in [0.15, 0.2) is 0 Å². The van der Waals surface area contributed by atoms with Gasteiger partial charge in [-0.2, -0.15) is 0 Å². The molecule has 2 aliphatic heterocycles. The molecule has 3 nitrogen and oxygen atoms in total. The second-order valence-corrected chi connectivity index (χ2v) is 4.07. The van der Waals surface area contributed by atoms with Crippen LogP contribution in [0.5, 0.6) is 0 Å². The minimum absolute atomic E-state index is 0.682. The van der Waals surface area contributed by atoms with E-state index in [0.29, 0.717) is 6.04 Å². The average Bonchev–Trinajstić information content (AvgIpc) is 2.74. The van der Waals surface area contributed by atoms with Gasteiger partial charge in [0, 0.05) is 11.8 Å². The Balaban J connectivity index is 1.67. The fourth-order valence-electron chi connectivity index (χ4n) is 1.47. The van der Waals surface area contributed by atoms with Gasteiger partial charge in [0.2, 0.25) is 5.23 Å². The van der Waals surface area contributed by atoms with Gasteiger partial charge in [-0.25, -0.2) is 4.99 Å². The largest absolute Gasteiger partial charge is 0.471 e. The van der Waals surface area contributed by atoms with Crippen LogP contribution in [0.25, 0.3) is 0 Å². The van der Waals surface area contributed by atoms with Crippen molar-refractivity contribution in [2.75, 3.05) is 25.4 Å². The zero-order valence-corrected chi connectivity index (χ0v) is 7.90. The summed E-state index contributed by atoms with van der Waals surface area (Å²) in [4.78, 5) is 4.23. The quantitative estimate of drug-likeness (QED) is 0.694. The second kappa shape index (κ2) is 4.14. The number of nitrogens with one attached hydrogen (secondary N) is 1. The molecule has 0 spiro atoms. The van der Waals surface area contributed by atoms with Crippen molar-refractivity contribution in [2.45, 2.75) is 18.9 Å². The van der Waals surface area contributed by atoms with Gasteiger partial charge in [-0.3, -0.25) is 0 Å². The maximum absolute atomic E-state index is 5.30.